The fraction of sp³-hybridized carbons (Fsp3) is 0.344. The van der Waals surface area contributed by atoms with Crippen molar-refractivity contribution in [2.45, 2.75) is 64.0 Å². The highest BCUT2D eigenvalue weighted by atomic mass is 16.6. The lowest BCUT2D eigenvalue weighted by molar-refractivity contribution is -0.134. The first-order chi connectivity index (χ1) is 19.1. The molecule has 1 atom stereocenters. The van der Waals surface area contributed by atoms with Crippen LogP contribution in [-0.4, -0.2) is 30.3 Å². The molecule has 0 fully saturated rings. The van der Waals surface area contributed by atoms with E-state index in [2.05, 4.69) is 16.1 Å². The Labute approximate surface area is 231 Å². The predicted octanol–water partition coefficient (Wildman–Crippen LogP) is 4.66. The maximum absolute atomic E-state index is 12.9. The largest absolute Gasteiger partial charge is 0.354 e. The summed E-state index contributed by atoms with van der Waals surface area (Å²) in [7, 11) is 0. The van der Waals surface area contributed by atoms with Crippen LogP contribution in [0.4, 0.5) is 0 Å². The van der Waals surface area contributed by atoms with Crippen molar-refractivity contribution in [2.75, 3.05) is 6.54 Å². The van der Waals surface area contributed by atoms with E-state index in [1.807, 2.05) is 91.0 Å². The van der Waals surface area contributed by atoms with Crippen LogP contribution in [0, 0.1) is 0 Å². The molecule has 0 aliphatic carbocycles. The third kappa shape index (κ3) is 12.4. The Morgan fingerprint density at radius 1 is 0.641 bits per heavy atom. The third-order valence-corrected chi connectivity index (χ3v) is 6.32. The van der Waals surface area contributed by atoms with Gasteiger partial charge < -0.3 is 10.6 Å². The van der Waals surface area contributed by atoms with Crippen LogP contribution in [0.3, 0.4) is 0 Å². The van der Waals surface area contributed by atoms with Crippen LogP contribution in [0.25, 0.3) is 0 Å². The van der Waals surface area contributed by atoms with Crippen molar-refractivity contribution >= 4 is 17.7 Å². The van der Waals surface area contributed by atoms with E-state index < -0.39 is 6.04 Å². The summed E-state index contributed by atoms with van der Waals surface area (Å²) < 4.78 is 0. The van der Waals surface area contributed by atoms with E-state index in [0.717, 1.165) is 42.4 Å². The number of hydrogen-bond donors (Lipinski definition) is 3. The second-order valence-corrected chi connectivity index (χ2v) is 9.55. The standard InChI is InChI=1S/C32H39N3O4/c36-30(20-12-1-2-13-21-31(37)35-39-25-28-18-10-5-11-19-28)34-29(24-27-16-8-4-9-17-27)32(38)33-23-22-26-14-6-3-7-15-26/h3-11,14-19,29H,1-2,12-13,20-25H2,(H,33,38)(H,34,36)(H,35,37)/t29-/m0/s1. The molecule has 0 unspecified atom stereocenters. The number of amides is 3. The number of benzene rings is 3. The lowest BCUT2D eigenvalue weighted by Crippen LogP contribution is -2.48. The van der Waals surface area contributed by atoms with Gasteiger partial charge in [0, 0.05) is 25.8 Å². The molecule has 206 valence electrons. The Bertz CT molecular complexity index is 1120. The van der Waals surface area contributed by atoms with E-state index in [0.29, 0.717) is 38.8 Å². The fourth-order valence-electron chi connectivity index (χ4n) is 4.17. The Hall–Kier alpha value is -3.97. The first-order valence-electron chi connectivity index (χ1n) is 13.7. The fourth-order valence-corrected chi connectivity index (χ4v) is 4.17. The molecule has 0 radical (unpaired) electrons. The maximum atomic E-state index is 12.9. The molecule has 3 aromatic rings. The normalized spacial score (nSPS) is 11.4. The smallest absolute Gasteiger partial charge is 0.243 e. The average molecular weight is 530 g/mol. The monoisotopic (exact) mass is 529 g/mol. The van der Waals surface area contributed by atoms with Crippen molar-refractivity contribution in [1.82, 2.24) is 16.1 Å². The Kier molecular flexibility index (Phi) is 13.3. The van der Waals surface area contributed by atoms with E-state index in [9.17, 15) is 14.4 Å². The van der Waals surface area contributed by atoms with E-state index in [1.54, 1.807) is 0 Å². The van der Waals surface area contributed by atoms with Crippen LogP contribution >= 0.6 is 0 Å². The van der Waals surface area contributed by atoms with E-state index in [1.165, 1.54) is 0 Å². The second-order valence-electron chi connectivity index (χ2n) is 9.55. The van der Waals surface area contributed by atoms with Gasteiger partial charge in [-0.1, -0.05) is 104 Å². The molecule has 0 bridgehead atoms. The number of rotatable bonds is 17. The van der Waals surface area contributed by atoms with Crippen LogP contribution in [0.1, 0.15) is 55.2 Å². The molecule has 0 aliphatic heterocycles. The molecule has 0 saturated carbocycles. The molecule has 3 N–H and O–H groups in total. The Morgan fingerprint density at radius 3 is 1.79 bits per heavy atom. The first kappa shape index (κ1) is 29.6. The topological polar surface area (TPSA) is 96.5 Å². The molecule has 0 saturated heterocycles. The molecule has 3 amide bonds. The minimum absolute atomic E-state index is 0.138. The van der Waals surface area contributed by atoms with Gasteiger partial charge in [0.2, 0.25) is 17.7 Å². The van der Waals surface area contributed by atoms with Gasteiger partial charge in [0.05, 0.1) is 6.61 Å². The SMILES string of the molecule is O=C(CCCCCCC(=O)N[C@@H](Cc1ccccc1)C(=O)NCCc1ccccc1)NOCc1ccccc1. The first-order valence-corrected chi connectivity index (χ1v) is 13.7. The molecule has 3 aromatic carbocycles. The van der Waals surface area contributed by atoms with Crippen molar-refractivity contribution in [1.29, 1.82) is 0 Å². The number of hydrogen-bond acceptors (Lipinski definition) is 4. The minimum Gasteiger partial charge on any atom is -0.354 e. The van der Waals surface area contributed by atoms with E-state index in [-0.39, 0.29) is 17.7 Å². The molecule has 3 rings (SSSR count). The van der Waals surface area contributed by atoms with Gasteiger partial charge in [0.1, 0.15) is 6.04 Å². The number of unbranched alkanes of at least 4 members (excludes halogenated alkanes) is 3. The summed E-state index contributed by atoms with van der Waals surface area (Å²) in [6.45, 7) is 0.840. The van der Waals surface area contributed by atoms with Gasteiger partial charge >= 0.3 is 0 Å². The van der Waals surface area contributed by atoms with E-state index >= 15 is 0 Å². The minimum atomic E-state index is -0.629. The van der Waals surface area contributed by atoms with Gasteiger partial charge in [0.25, 0.3) is 0 Å². The van der Waals surface area contributed by atoms with Crippen molar-refractivity contribution in [2.24, 2.45) is 0 Å². The zero-order valence-electron chi connectivity index (χ0n) is 22.4. The lowest BCUT2D eigenvalue weighted by atomic mass is 10.0. The quantitative estimate of drug-likeness (QED) is 0.175. The van der Waals surface area contributed by atoms with Gasteiger partial charge in [-0.25, -0.2) is 5.48 Å². The highest BCUT2D eigenvalue weighted by Gasteiger charge is 2.20. The van der Waals surface area contributed by atoms with Gasteiger partial charge in [-0.2, -0.15) is 0 Å². The number of carbonyl (C=O) groups is 3. The van der Waals surface area contributed by atoms with Crippen molar-refractivity contribution < 1.29 is 19.2 Å². The third-order valence-electron chi connectivity index (χ3n) is 6.32. The van der Waals surface area contributed by atoms with Crippen molar-refractivity contribution in [3.8, 4) is 0 Å². The van der Waals surface area contributed by atoms with Crippen LogP contribution in [0.5, 0.6) is 0 Å². The summed E-state index contributed by atoms with van der Waals surface area (Å²) in [6, 6.07) is 28.7. The molecule has 0 aliphatic rings. The van der Waals surface area contributed by atoms with E-state index in [4.69, 9.17) is 4.84 Å². The highest BCUT2D eigenvalue weighted by Crippen LogP contribution is 2.08. The molecule has 7 heteroatoms. The molecule has 39 heavy (non-hydrogen) atoms. The van der Waals surface area contributed by atoms with Crippen LogP contribution in [0.2, 0.25) is 0 Å². The predicted molar refractivity (Wildman–Crippen MR) is 152 cm³/mol. The second kappa shape index (κ2) is 17.5. The van der Waals surface area contributed by atoms with Gasteiger partial charge in [-0.05, 0) is 36.0 Å². The van der Waals surface area contributed by atoms with Gasteiger partial charge in [0.15, 0.2) is 0 Å². The number of carbonyl (C=O) groups excluding carboxylic acids is 3. The zero-order valence-corrected chi connectivity index (χ0v) is 22.4. The molecule has 0 heterocycles. The summed E-state index contributed by atoms with van der Waals surface area (Å²) in [5.41, 5.74) is 5.61. The van der Waals surface area contributed by atoms with Crippen LogP contribution in [0.15, 0.2) is 91.0 Å². The Morgan fingerprint density at radius 2 is 1.18 bits per heavy atom. The Balaban J connectivity index is 1.32. The van der Waals surface area contributed by atoms with Crippen LogP contribution in [-0.2, 0) is 38.7 Å². The number of nitrogens with one attached hydrogen (secondary N) is 3. The maximum Gasteiger partial charge on any atom is 0.243 e. The summed E-state index contributed by atoms with van der Waals surface area (Å²) in [5.74, 6) is -0.462. The van der Waals surface area contributed by atoms with Gasteiger partial charge in [-0.3, -0.25) is 19.2 Å². The summed E-state index contributed by atoms with van der Waals surface area (Å²) in [4.78, 5) is 42.8. The highest BCUT2D eigenvalue weighted by molar-refractivity contribution is 5.87. The molecular weight excluding hydrogens is 490 g/mol. The molecule has 7 nitrogen and oxygen atoms in total. The van der Waals surface area contributed by atoms with Crippen molar-refractivity contribution in [3.05, 3.63) is 108 Å². The lowest BCUT2D eigenvalue weighted by Gasteiger charge is -2.19. The summed E-state index contributed by atoms with van der Waals surface area (Å²) >= 11 is 0. The molecule has 0 aromatic heterocycles. The van der Waals surface area contributed by atoms with Gasteiger partial charge in [-0.15, -0.1) is 0 Å². The van der Waals surface area contributed by atoms with Crippen LogP contribution < -0.4 is 16.1 Å². The van der Waals surface area contributed by atoms with Crippen molar-refractivity contribution in [3.63, 3.8) is 0 Å². The zero-order chi connectivity index (χ0) is 27.5. The number of hydroxylamine groups is 1. The average Bonchev–Trinajstić information content (AvgIpc) is 2.96. The molecule has 0 spiro atoms. The summed E-state index contributed by atoms with van der Waals surface area (Å²) in [5, 5.41) is 5.90. The summed E-state index contributed by atoms with van der Waals surface area (Å²) in [6.07, 6.45) is 4.98. The molecular formula is C32H39N3O4.